The lowest BCUT2D eigenvalue weighted by molar-refractivity contribution is -0.118. The Morgan fingerprint density at radius 1 is 0.981 bits per heavy atom. The van der Waals surface area contributed by atoms with Gasteiger partial charge in [0.05, 0.1) is 39.9 Å². The van der Waals surface area contributed by atoms with Crippen molar-refractivity contribution in [2.75, 3.05) is 26.1 Å². The van der Waals surface area contributed by atoms with Crippen molar-refractivity contribution in [2.45, 2.75) is 77.8 Å². The van der Waals surface area contributed by atoms with Gasteiger partial charge in [0.25, 0.3) is 5.56 Å². The highest BCUT2D eigenvalue weighted by atomic mass is 28.4. The van der Waals surface area contributed by atoms with Gasteiger partial charge in [0.15, 0.2) is 19.5 Å². The average Bonchev–Trinajstić information content (AvgIpc) is 3.75. The Morgan fingerprint density at radius 3 is 2.24 bits per heavy atom. The smallest absolute Gasteiger partial charge is 0.280 e. The fourth-order valence-corrected chi connectivity index (χ4v) is 7.32. The van der Waals surface area contributed by atoms with E-state index < -0.39 is 32.3 Å². The lowest BCUT2D eigenvalue weighted by Crippen LogP contribution is -2.46. The summed E-state index contributed by atoms with van der Waals surface area (Å²) >= 11 is 0. The number of hydrogen-bond donors (Lipinski definition) is 2. The Kier molecular flexibility index (Phi) is 11.4. The topological polar surface area (TPSA) is 139 Å². The number of H-pyrrole nitrogens is 1. The summed E-state index contributed by atoms with van der Waals surface area (Å²) in [7, 11) is 1.05. The Hall–Kier alpha value is -4.82. The number of amides is 1. The summed E-state index contributed by atoms with van der Waals surface area (Å²) in [5.74, 6) is 1.04. The molecule has 3 atom stereocenters. The van der Waals surface area contributed by atoms with Gasteiger partial charge in [-0.25, -0.2) is 4.98 Å². The standard InChI is InChI=1S/C41H50N5O7Si/c1-25(2)38(47)44-40-43-37-36(39(48)45-40)42-24-46(37)34-21-32(53-54(8,9)41(3,4)5)33(52-34)23-51-22-28-11-10-12-31(26-13-17-29(49-6)18-14-26)35(28)27-15-19-30(50-7)20-16-27/h10-21,24-25,32-34H,22-23H2,1-9H3,(H2,43,44,45,47,48)/t32-,33-,34-/m1/s1. The molecule has 1 fully saturated rings. The van der Waals surface area contributed by atoms with Crippen LogP contribution in [-0.2, 0) is 25.3 Å². The molecule has 0 saturated carbocycles. The number of benzene rings is 3. The Balaban J connectivity index is 1.29. The Labute approximate surface area is 317 Å². The van der Waals surface area contributed by atoms with Crippen LogP contribution in [0, 0.1) is 12.3 Å². The molecule has 12 nitrogen and oxygen atoms in total. The van der Waals surface area contributed by atoms with Crippen LogP contribution >= 0.6 is 0 Å². The van der Waals surface area contributed by atoms with Gasteiger partial charge in [0.2, 0.25) is 11.9 Å². The van der Waals surface area contributed by atoms with E-state index in [1.54, 1.807) is 32.6 Å². The molecule has 0 bridgehead atoms. The molecule has 1 aliphatic rings. The number of imidazole rings is 1. The van der Waals surface area contributed by atoms with Crippen LogP contribution in [0.25, 0.3) is 33.4 Å². The minimum atomic E-state index is -2.27. The van der Waals surface area contributed by atoms with E-state index in [1.807, 2.05) is 36.8 Å². The van der Waals surface area contributed by atoms with Crippen molar-refractivity contribution in [1.82, 2.24) is 19.5 Å². The minimum absolute atomic E-state index is 0.0458. The maximum atomic E-state index is 13.0. The molecule has 6 rings (SSSR count). The maximum absolute atomic E-state index is 13.0. The molecular weight excluding hydrogens is 703 g/mol. The highest BCUT2D eigenvalue weighted by Crippen LogP contribution is 2.42. The van der Waals surface area contributed by atoms with E-state index in [0.29, 0.717) is 6.61 Å². The number of ether oxygens (including phenoxy) is 4. The molecule has 5 aromatic rings. The molecule has 2 N–H and O–H groups in total. The molecular formula is C41H50N5O7Si. The van der Waals surface area contributed by atoms with Gasteiger partial charge in [0.1, 0.15) is 23.8 Å². The molecule has 0 unspecified atom stereocenters. The summed E-state index contributed by atoms with van der Waals surface area (Å²) < 4.78 is 32.7. The molecule has 2 aromatic heterocycles. The molecule has 1 aliphatic heterocycles. The predicted octanol–water partition coefficient (Wildman–Crippen LogP) is 7.77. The van der Waals surface area contributed by atoms with Gasteiger partial charge >= 0.3 is 0 Å². The fraction of sp³-hybridized carbons (Fsp3) is 0.390. The molecule has 1 saturated heterocycles. The van der Waals surface area contributed by atoms with E-state index >= 15 is 0 Å². The van der Waals surface area contributed by atoms with Gasteiger partial charge in [-0.2, -0.15) is 4.98 Å². The molecule has 1 amide bonds. The van der Waals surface area contributed by atoms with Gasteiger partial charge in [-0.05, 0) is 70.2 Å². The summed E-state index contributed by atoms with van der Waals surface area (Å²) in [5.41, 5.74) is 5.16. The molecule has 13 heteroatoms. The van der Waals surface area contributed by atoms with Gasteiger partial charge < -0.3 is 23.4 Å². The number of aromatic amines is 1. The van der Waals surface area contributed by atoms with Crippen molar-refractivity contribution in [3.63, 3.8) is 0 Å². The second-order valence-electron chi connectivity index (χ2n) is 15.3. The number of nitrogens with one attached hydrogen (secondary N) is 2. The van der Waals surface area contributed by atoms with Crippen LogP contribution in [0.3, 0.4) is 0 Å². The predicted molar refractivity (Wildman–Crippen MR) is 212 cm³/mol. The highest BCUT2D eigenvalue weighted by Gasteiger charge is 2.45. The summed E-state index contributed by atoms with van der Waals surface area (Å²) in [4.78, 5) is 36.9. The fourth-order valence-electron chi connectivity index (χ4n) is 6.06. The average molecular weight is 753 g/mol. The zero-order chi connectivity index (χ0) is 38.8. The van der Waals surface area contributed by atoms with Crippen LogP contribution in [0.1, 0.15) is 46.4 Å². The third kappa shape index (κ3) is 8.29. The minimum Gasteiger partial charge on any atom is -0.497 e. The van der Waals surface area contributed by atoms with Crippen molar-refractivity contribution in [2.24, 2.45) is 5.92 Å². The number of hydrogen-bond acceptors (Lipinski definition) is 9. The third-order valence-electron chi connectivity index (χ3n) is 10.2. The first-order valence-electron chi connectivity index (χ1n) is 18.1. The Morgan fingerprint density at radius 2 is 1.63 bits per heavy atom. The first-order chi connectivity index (χ1) is 25.7. The van der Waals surface area contributed by atoms with Crippen LogP contribution in [0.4, 0.5) is 5.95 Å². The third-order valence-corrected chi connectivity index (χ3v) is 14.7. The summed E-state index contributed by atoms with van der Waals surface area (Å²) in [5, 5.41) is 2.63. The van der Waals surface area contributed by atoms with Gasteiger partial charge in [-0.15, -0.1) is 0 Å². The summed E-state index contributed by atoms with van der Waals surface area (Å²) in [6.07, 6.45) is 1.97. The number of carbonyl (C=O) groups excluding carboxylic acids is 1. The van der Waals surface area contributed by atoms with E-state index in [2.05, 4.69) is 90.5 Å². The Bertz CT molecular complexity index is 2140. The number of rotatable bonds is 13. The lowest BCUT2D eigenvalue weighted by atomic mass is 9.90. The maximum Gasteiger partial charge on any atom is 0.280 e. The van der Waals surface area contributed by atoms with Crippen molar-refractivity contribution >= 4 is 31.3 Å². The van der Waals surface area contributed by atoms with Crippen molar-refractivity contribution < 1.29 is 28.2 Å². The van der Waals surface area contributed by atoms with Gasteiger partial charge in [-0.3, -0.25) is 24.5 Å². The highest BCUT2D eigenvalue weighted by molar-refractivity contribution is 6.74. The van der Waals surface area contributed by atoms with Crippen LogP contribution in [0.2, 0.25) is 18.1 Å². The number of nitrogens with zero attached hydrogens (tertiary/aromatic N) is 3. The van der Waals surface area contributed by atoms with E-state index in [-0.39, 0.29) is 40.6 Å². The monoisotopic (exact) mass is 752 g/mol. The SMILES string of the molecule is COc1ccc(-c2cccc(COC[C@H]3O[C@@H](n4cnc5c(=O)[nH]c(NC(=O)C(C)C)nc54)[CH][C@H]3O[Si](C)(C)C(C)(C)C)c2-c2ccc(OC)cc2)cc1. The van der Waals surface area contributed by atoms with Crippen LogP contribution in [0.15, 0.2) is 77.9 Å². The van der Waals surface area contributed by atoms with E-state index in [9.17, 15) is 9.59 Å². The zero-order valence-corrected chi connectivity index (χ0v) is 33.4. The summed E-state index contributed by atoms with van der Waals surface area (Å²) in [6.45, 7) is 15.1. The normalized spacial score (nSPS) is 17.6. The molecule has 54 heavy (non-hydrogen) atoms. The molecule has 3 aromatic carbocycles. The largest absolute Gasteiger partial charge is 0.497 e. The van der Waals surface area contributed by atoms with Crippen molar-refractivity contribution in [3.8, 4) is 33.8 Å². The zero-order valence-electron chi connectivity index (χ0n) is 32.4. The van der Waals surface area contributed by atoms with Crippen LogP contribution in [0.5, 0.6) is 11.5 Å². The number of aromatic nitrogens is 4. The molecule has 0 aliphatic carbocycles. The van der Waals surface area contributed by atoms with Crippen LogP contribution in [-0.4, -0.2) is 66.8 Å². The number of anilines is 1. The number of fused-ring (bicyclic) bond motifs is 1. The quantitative estimate of drug-likeness (QED) is 0.116. The lowest BCUT2D eigenvalue weighted by Gasteiger charge is -2.39. The van der Waals surface area contributed by atoms with Crippen LogP contribution < -0.4 is 20.3 Å². The summed E-state index contributed by atoms with van der Waals surface area (Å²) in [6, 6.07) is 22.3. The van der Waals surface area contributed by atoms with Gasteiger partial charge in [-0.1, -0.05) is 77.1 Å². The van der Waals surface area contributed by atoms with Gasteiger partial charge in [0, 0.05) is 12.3 Å². The number of carbonyl (C=O) groups is 1. The first kappa shape index (κ1) is 38.9. The van der Waals surface area contributed by atoms with Crippen molar-refractivity contribution in [1.29, 1.82) is 0 Å². The van der Waals surface area contributed by atoms with E-state index in [0.717, 1.165) is 39.3 Å². The molecule has 3 heterocycles. The second-order valence-corrected chi connectivity index (χ2v) is 20.1. The van der Waals surface area contributed by atoms with Crippen molar-refractivity contribution in [3.05, 3.63) is 95.4 Å². The first-order valence-corrected chi connectivity index (χ1v) is 21.0. The second kappa shape index (κ2) is 15.9. The molecule has 1 radical (unpaired) electrons. The molecule has 0 spiro atoms. The van der Waals surface area contributed by atoms with E-state index in [4.69, 9.17) is 23.4 Å². The van der Waals surface area contributed by atoms with E-state index in [1.165, 1.54) is 6.33 Å². The number of methoxy groups -OCH3 is 2. The molecule has 285 valence electrons.